The van der Waals surface area contributed by atoms with Gasteiger partial charge in [-0.25, -0.2) is 4.68 Å². The summed E-state index contributed by atoms with van der Waals surface area (Å²) < 4.78 is 2.67. The van der Waals surface area contributed by atoms with Crippen LogP contribution in [0.15, 0.2) is 54.9 Å². The van der Waals surface area contributed by atoms with Crippen molar-refractivity contribution in [1.82, 2.24) is 9.78 Å². The lowest BCUT2D eigenvalue weighted by Crippen LogP contribution is -2.08. The zero-order valence-corrected chi connectivity index (χ0v) is 12.5. The molecule has 3 nitrogen and oxygen atoms in total. The van der Waals surface area contributed by atoms with E-state index >= 15 is 0 Å². The van der Waals surface area contributed by atoms with Crippen molar-refractivity contribution in [3.05, 3.63) is 64.1 Å². The van der Waals surface area contributed by atoms with Gasteiger partial charge in [0.1, 0.15) is 0 Å². The van der Waals surface area contributed by atoms with Crippen molar-refractivity contribution in [3.8, 4) is 5.69 Å². The molecule has 0 aliphatic heterocycles. The lowest BCUT2D eigenvalue weighted by atomic mass is 10.2. The molecule has 1 N–H and O–H groups in total. The van der Waals surface area contributed by atoms with Gasteiger partial charge in [0.2, 0.25) is 0 Å². The fourth-order valence-electron chi connectivity index (χ4n) is 2.07. The van der Waals surface area contributed by atoms with E-state index < -0.39 is 0 Å². The summed E-state index contributed by atoms with van der Waals surface area (Å²) in [6, 6.07) is 14.2. The summed E-state index contributed by atoms with van der Waals surface area (Å²) >= 11 is 7.60. The molecule has 0 aliphatic carbocycles. The van der Waals surface area contributed by atoms with Gasteiger partial charge >= 0.3 is 0 Å². The molecule has 1 aromatic carbocycles. The number of benzene rings is 1. The van der Waals surface area contributed by atoms with Crippen LogP contribution in [0.25, 0.3) is 5.69 Å². The van der Waals surface area contributed by atoms with E-state index in [4.69, 9.17) is 11.6 Å². The van der Waals surface area contributed by atoms with Crippen LogP contribution >= 0.6 is 22.9 Å². The molecule has 20 heavy (non-hydrogen) atoms. The monoisotopic (exact) mass is 303 g/mol. The van der Waals surface area contributed by atoms with Crippen LogP contribution in [0.3, 0.4) is 0 Å². The molecule has 2 heterocycles. The third-order valence-electron chi connectivity index (χ3n) is 3.05. The number of nitrogens with one attached hydrogen (secondary N) is 1. The van der Waals surface area contributed by atoms with E-state index in [0.29, 0.717) is 0 Å². The average molecular weight is 304 g/mol. The number of rotatable bonds is 4. The third-order valence-corrected chi connectivity index (χ3v) is 4.46. The Morgan fingerprint density at radius 3 is 2.75 bits per heavy atom. The van der Waals surface area contributed by atoms with Crippen molar-refractivity contribution in [2.24, 2.45) is 0 Å². The highest BCUT2D eigenvalue weighted by atomic mass is 35.5. The maximum atomic E-state index is 6.00. The molecule has 1 atom stereocenters. The summed E-state index contributed by atoms with van der Waals surface area (Å²) in [5.41, 5.74) is 2.08. The lowest BCUT2D eigenvalue weighted by molar-refractivity contribution is 0.862. The molecule has 102 valence electrons. The van der Waals surface area contributed by atoms with Gasteiger partial charge < -0.3 is 5.32 Å². The first-order chi connectivity index (χ1) is 9.74. The van der Waals surface area contributed by atoms with Crippen LogP contribution in [0.2, 0.25) is 4.34 Å². The van der Waals surface area contributed by atoms with Crippen molar-refractivity contribution < 1.29 is 0 Å². The standard InChI is InChI=1S/C15H14ClN3S/c1-11(14-7-8-15(16)20-14)18-12-5-2-3-6-13(12)19-10-4-9-17-19/h2-11,18H,1H3. The Bertz CT molecular complexity index is 691. The van der Waals surface area contributed by atoms with E-state index in [0.717, 1.165) is 15.7 Å². The maximum absolute atomic E-state index is 6.00. The number of anilines is 1. The number of aromatic nitrogens is 2. The molecule has 0 fully saturated rings. The fraction of sp³-hybridized carbons (Fsp3) is 0.133. The predicted molar refractivity (Wildman–Crippen MR) is 84.9 cm³/mol. The van der Waals surface area contributed by atoms with Crippen LogP contribution in [0.5, 0.6) is 0 Å². The maximum Gasteiger partial charge on any atom is 0.0932 e. The Morgan fingerprint density at radius 1 is 1.20 bits per heavy atom. The van der Waals surface area contributed by atoms with E-state index in [1.807, 2.05) is 41.2 Å². The smallest absolute Gasteiger partial charge is 0.0932 e. The Kier molecular flexibility index (Phi) is 3.76. The highest BCUT2D eigenvalue weighted by Gasteiger charge is 2.11. The Morgan fingerprint density at radius 2 is 2.05 bits per heavy atom. The minimum atomic E-state index is 0.198. The molecule has 0 spiro atoms. The molecule has 0 saturated heterocycles. The number of para-hydroxylation sites is 2. The van der Waals surface area contributed by atoms with Crippen LogP contribution in [-0.2, 0) is 0 Å². The Labute approximate surface area is 126 Å². The SMILES string of the molecule is CC(Nc1ccccc1-n1cccn1)c1ccc(Cl)s1. The van der Waals surface area contributed by atoms with Gasteiger partial charge in [-0.3, -0.25) is 0 Å². The first kappa shape index (κ1) is 13.2. The van der Waals surface area contributed by atoms with Gasteiger partial charge in [-0.1, -0.05) is 23.7 Å². The second kappa shape index (κ2) is 5.69. The fourth-order valence-corrected chi connectivity index (χ4v) is 3.14. The van der Waals surface area contributed by atoms with Crippen LogP contribution < -0.4 is 5.32 Å². The zero-order chi connectivity index (χ0) is 13.9. The highest BCUT2D eigenvalue weighted by Crippen LogP contribution is 2.30. The zero-order valence-electron chi connectivity index (χ0n) is 11.0. The lowest BCUT2D eigenvalue weighted by Gasteiger charge is -2.17. The van der Waals surface area contributed by atoms with E-state index in [1.54, 1.807) is 17.5 Å². The summed E-state index contributed by atoms with van der Waals surface area (Å²) in [6.07, 6.45) is 3.71. The Hall–Kier alpha value is -1.78. The molecular weight excluding hydrogens is 290 g/mol. The molecule has 0 aliphatic rings. The summed E-state index contributed by atoms with van der Waals surface area (Å²) in [7, 11) is 0. The van der Waals surface area contributed by atoms with Crippen molar-refractivity contribution in [1.29, 1.82) is 0 Å². The molecule has 0 saturated carbocycles. The number of hydrogen-bond donors (Lipinski definition) is 1. The quantitative estimate of drug-likeness (QED) is 0.753. The Balaban J connectivity index is 1.88. The molecule has 3 rings (SSSR count). The minimum absolute atomic E-state index is 0.198. The topological polar surface area (TPSA) is 29.9 Å². The van der Waals surface area contributed by atoms with Crippen LogP contribution in [0, 0.1) is 0 Å². The van der Waals surface area contributed by atoms with Crippen molar-refractivity contribution in [2.75, 3.05) is 5.32 Å². The number of nitrogens with zero attached hydrogens (tertiary/aromatic N) is 2. The molecule has 1 unspecified atom stereocenters. The third kappa shape index (κ3) is 2.71. The number of halogens is 1. The molecule has 0 bridgehead atoms. The normalized spacial score (nSPS) is 12.3. The second-order valence-corrected chi connectivity index (χ2v) is 6.22. The second-order valence-electron chi connectivity index (χ2n) is 4.48. The molecule has 0 radical (unpaired) electrons. The summed E-state index contributed by atoms with van der Waals surface area (Å²) in [6.45, 7) is 2.13. The van der Waals surface area contributed by atoms with Gasteiger partial charge in [0, 0.05) is 17.3 Å². The van der Waals surface area contributed by atoms with Gasteiger partial charge in [-0.15, -0.1) is 11.3 Å². The molecule has 3 aromatic rings. The van der Waals surface area contributed by atoms with E-state index in [1.165, 1.54) is 4.88 Å². The molecule has 5 heteroatoms. The van der Waals surface area contributed by atoms with Crippen molar-refractivity contribution >= 4 is 28.6 Å². The van der Waals surface area contributed by atoms with E-state index in [9.17, 15) is 0 Å². The number of hydrogen-bond acceptors (Lipinski definition) is 3. The largest absolute Gasteiger partial charge is 0.376 e. The molecular formula is C15H14ClN3S. The van der Waals surface area contributed by atoms with Crippen LogP contribution in [0.1, 0.15) is 17.8 Å². The van der Waals surface area contributed by atoms with Crippen molar-refractivity contribution in [2.45, 2.75) is 13.0 Å². The van der Waals surface area contributed by atoms with E-state index in [-0.39, 0.29) is 6.04 Å². The van der Waals surface area contributed by atoms with Crippen LogP contribution in [0.4, 0.5) is 5.69 Å². The van der Waals surface area contributed by atoms with Gasteiger partial charge in [-0.05, 0) is 37.3 Å². The van der Waals surface area contributed by atoms with Gasteiger partial charge in [0.25, 0.3) is 0 Å². The van der Waals surface area contributed by atoms with Crippen molar-refractivity contribution in [3.63, 3.8) is 0 Å². The first-order valence-corrected chi connectivity index (χ1v) is 7.54. The molecule has 2 aromatic heterocycles. The van der Waals surface area contributed by atoms with Gasteiger partial charge in [-0.2, -0.15) is 5.10 Å². The van der Waals surface area contributed by atoms with E-state index in [2.05, 4.69) is 29.5 Å². The average Bonchev–Trinajstić information content (AvgIpc) is 3.10. The van der Waals surface area contributed by atoms with Gasteiger partial charge in [0.05, 0.1) is 21.8 Å². The first-order valence-electron chi connectivity index (χ1n) is 6.35. The highest BCUT2D eigenvalue weighted by molar-refractivity contribution is 7.16. The summed E-state index contributed by atoms with van der Waals surface area (Å²) in [5, 5.41) is 7.81. The summed E-state index contributed by atoms with van der Waals surface area (Å²) in [4.78, 5) is 1.21. The molecule has 0 amide bonds. The van der Waals surface area contributed by atoms with Gasteiger partial charge in [0.15, 0.2) is 0 Å². The summed E-state index contributed by atoms with van der Waals surface area (Å²) in [5.74, 6) is 0. The minimum Gasteiger partial charge on any atom is -0.376 e. The predicted octanol–water partition coefficient (Wildman–Crippen LogP) is 4.76. The van der Waals surface area contributed by atoms with Crippen LogP contribution in [-0.4, -0.2) is 9.78 Å². The number of thiophene rings is 1.